The van der Waals surface area contributed by atoms with Crippen LogP contribution in [0.25, 0.3) is 0 Å². The number of amides is 2. The van der Waals surface area contributed by atoms with Crippen molar-refractivity contribution in [2.45, 2.75) is 30.8 Å². The van der Waals surface area contributed by atoms with Crippen LogP contribution in [-0.4, -0.2) is 52.6 Å². The van der Waals surface area contributed by atoms with Gasteiger partial charge < -0.3 is 20.1 Å². The van der Waals surface area contributed by atoms with Gasteiger partial charge in [0.1, 0.15) is 12.3 Å². The van der Waals surface area contributed by atoms with Crippen molar-refractivity contribution in [1.29, 1.82) is 0 Å². The summed E-state index contributed by atoms with van der Waals surface area (Å²) in [4.78, 5) is 26.0. The minimum atomic E-state index is -4.09. The van der Waals surface area contributed by atoms with E-state index in [1.54, 1.807) is 66.7 Å². The van der Waals surface area contributed by atoms with Crippen molar-refractivity contribution in [3.05, 3.63) is 84.4 Å². The standard InChI is InChI=1S/C28H31N3O6S/c1-2-36-22-14-16-24(17-15-22)38(34,35)31(21-9-4-3-5-10-21)20-27(32)30-26-13-7-6-12-25(26)28(33)29-19-23-11-8-18-37-23/h3-7,9-10,12-17,23H,2,8,11,18-20H2,1H3,(H,29,33)(H,30,32)/t23-/m0/s1. The monoisotopic (exact) mass is 537 g/mol. The van der Waals surface area contributed by atoms with Crippen LogP contribution in [0.3, 0.4) is 0 Å². The number of rotatable bonds is 11. The molecule has 1 aliphatic rings. The Morgan fingerprint density at radius 1 is 1.00 bits per heavy atom. The van der Waals surface area contributed by atoms with Gasteiger partial charge in [-0.2, -0.15) is 0 Å². The molecule has 9 nitrogen and oxygen atoms in total. The summed E-state index contributed by atoms with van der Waals surface area (Å²) in [7, 11) is -4.09. The Kier molecular flexibility index (Phi) is 8.98. The first kappa shape index (κ1) is 27.2. The van der Waals surface area contributed by atoms with E-state index in [1.165, 1.54) is 12.1 Å². The molecular formula is C28H31N3O6S. The maximum atomic E-state index is 13.6. The molecule has 10 heteroatoms. The van der Waals surface area contributed by atoms with Gasteiger partial charge >= 0.3 is 0 Å². The lowest BCUT2D eigenvalue weighted by Crippen LogP contribution is -2.38. The molecule has 200 valence electrons. The van der Waals surface area contributed by atoms with E-state index >= 15 is 0 Å². The highest BCUT2D eigenvalue weighted by atomic mass is 32.2. The molecular weight excluding hydrogens is 506 g/mol. The van der Waals surface area contributed by atoms with Gasteiger partial charge in [0, 0.05) is 13.2 Å². The Morgan fingerprint density at radius 3 is 2.39 bits per heavy atom. The first-order valence-electron chi connectivity index (χ1n) is 12.5. The van der Waals surface area contributed by atoms with Crippen LogP contribution in [-0.2, 0) is 19.6 Å². The van der Waals surface area contributed by atoms with Crippen molar-refractivity contribution in [2.24, 2.45) is 0 Å². The number of anilines is 2. The van der Waals surface area contributed by atoms with E-state index in [0.717, 1.165) is 17.1 Å². The average Bonchev–Trinajstić information content (AvgIpc) is 3.45. The Bertz CT molecular complexity index is 1340. The number of ether oxygens (including phenoxy) is 2. The molecule has 38 heavy (non-hydrogen) atoms. The SMILES string of the molecule is CCOc1ccc(S(=O)(=O)N(CC(=O)Nc2ccccc2C(=O)NC[C@@H]2CCCO2)c2ccccc2)cc1. The molecule has 0 aromatic heterocycles. The summed E-state index contributed by atoms with van der Waals surface area (Å²) in [6.45, 7) is 2.86. The number of nitrogens with one attached hydrogen (secondary N) is 2. The van der Waals surface area contributed by atoms with E-state index < -0.39 is 22.5 Å². The van der Waals surface area contributed by atoms with Crippen molar-refractivity contribution in [3.8, 4) is 5.75 Å². The van der Waals surface area contributed by atoms with Gasteiger partial charge in [-0.3, -0.25) is 13.9 Å². The van der Waals surface area contributed by atoms with Crippen LogP contribution in [0.15, 0.2) is 83.8 Å². The first-order valence-corrected chi connectivity index (χ1v) is 13.9. The van der Waals surface area contributed by atoms with E-state index in [1.807, 2.05) is 6.92 Å². The van der Waals surface area contributed by atoms with Crippen molar-refractivity contribution in [2.75, 3.05) is 35.9 Å². The third-order valence-electron chi connectivity index (χ3n) is 6.01. The highest BCUT2D eigenvalue weighted by Gasteiger charge is 2.28. The minimum Gasteiger partial charge on any atom is -0.494 e. The molecule has 0 radical (unpaired) electrons. The van der Waals surface area contributed by atoms with Gasteiger partial charge in [-0.1, -0.05) is 30.3 Å². The van der Waals surface area contributed by atoms with E-state index in [2.05, 4.69) is 10.6 Å². The van der Waals surface area contributed by atoms with Crippen LogP contribution in [0.2, 0.25) is 0 Å². The summed E-state index contributed by atoms with van der Waals surface area (Å²) >= 11 is 0. The Morgan fingerprint density at radius 2 is 1.71 bits per heavy atom. The quantitative estimate of drug-likeness (QED) is 0.384. The molecule has 0 saturated carbocycles. The van der Waals surface area contributed by atoms with E-state index in [4.69, 9.17) is 9.47 Å². The Labute approximate surface area is 222 Å². The number of sulfonamides is 1. The topological polar surface area (TPSA) is 114 Å². The molecule has 1 saturated heterocycles. The van der Waals surface area contributed by atoms with Gasteiger partial charge in [-0.25, -0.2) is 8.42 Å². The largest absolute Gasteiger partial charge is 0.494 e. The number of hydrogen-bond acceptors (Lipinski definition) is 6. The van der Waals surface area contributed by atoms with Gasteiger partial charge in [-0.15, -0.1) is 0 Å². The maximum absolute atomic E-state index is 13.6. The lowest BCUT2D eigenvalue weighted by Gasteiger charge is -2.24. The number of carbonyl (C=O) groups is 2. The number of para-hydroxylation sites is 2. The molecule has 3 aromatic rings. The molecule has 0 unspecified atom stereocenters. The lowest BCUT2D eigenvalue weighted by atomic mass is 10.1. The van der Waals surface area contributed by atoms with Gasteiger partial charge in [-0.05, 0) is 68.3 Å². The lowest BCUT2D eigenvalue weighted by molar-refractivity contribution is -0.114. The minimum absolute atomic E-state index is 0.0199. The van der Waals surface area contributed by atoms with Crippen molar-refractivity contribution < 1.29 is 27.5 Å². The van der Waals surface area contributed by atoms with Crippen LogP contribution in [0.5, 0.6) is 5.75 Å². The molecule has 3 aromatic carbocycles. The molecule has 1 heterocycles. The Hall–Kier alpha value is -3.89. The number of benzene rings is 3. The van der Waals surface area contributed by atoms with E-state index in [0.29, 0.717) is 31.2 Å². The molecule has 4 rings (SSSR count). The fraction of sp³-hybridized carbons (Fsp3) is 0.286. The molecule has 1 aliphatic heterocycles. The van der Waals surface area contributed by atoms with Gasteiger partial charge in [0.15, 0.2) is 0 Å². The predicted octanol–water partition coefficient (Wildman–Crippen LogP) is 3.83. The molecule has 2 N–H and O–H groups in total. The molecule has 0 bridgehead atoms. The zero-order valence-corrected chi connectivity index (χ0v) is 21.9. The normalized spacial score (nSPS) is 15.0. The second-order valence-electron chi connectivity index (χ2n) is 8.69. The highest BCUT2D eigenvalue weighted by Crippen LogP contribution is 2.25. The number of carbonyl (C=O) groups excluding carboxylic acids is 2. The summed E-state index contributed by atoms with van der Waals surface area (Å²) in [5.41, 5.74) is 0.896. The summed E-state index contributed by atoms with van der Waals surface area (Å²) in [6.07, 6.45) is 1.83. The van der Waals surface area contributed by atoms with Crippen LogP contribution in [0, 0.1) is 0 Å². The van der Waals surface area contributed by atoms with Crippen LogP contribution < -0.4 is 19.7 Å². The van der Waals surface area contributed by atoms with Crippen molar-refractivity contribution in [3.63, 3.8) is 0 Å². The Balaban J connectivity index is 1.53. The van der Waals surface area contributed by atoms with Crippen molar-refractivity contribution >= 4 is 33.2 Å². The van der Waals surface area contributed by atoms with Gasteiger partial charge in [0.25, 0.3) is 15.9 Å². The molecule has 1 fully saturated rings. The van der Waals surface area contributed by atoms with E-state index in [9.17, 15) is 18.0 Å². The smallest absolute Gasteiger partial charge is 0.264 e. The summed E-state index contributed by atoms with van der Waals surface area (Å²) < 4.78 is 39.2. The number of hydrogen-bond donors (Lipinski definition) is 2. The van der Waals surface area contributed by atoms with Gasteiger partial charge in [0.05, 0.1) is 34.5 Å². The summed E-state index contributed by atoms with van der Waals surface area (Å²) in [5, 5.41) is 5.56. The molecule has 0 aliphatic carbocycles. The molecule has 1 atom stereocenters. The zero-order chi connectivity index (χ0) is 27.0. The molecule has 0 spiro atoms. The highest BCUT2D eigenvalue weighted by molar-refractivity contribution is 7.92. The average molecular weight is 538 g/mol. The van der Waals surface area contributed by atoms with Gasteiger partial charge in [0.2, 0.25) is 5.91 Å². The van der Waals surface area contributed by atoms with Crippen LogP contribution in [0.4, 0.5) is 11.4 Å². The second kappa shape index (κ2) is 12.6. The molecule has 2 amide bonds. The van der Waals surface area contributed by atoms with Crippen LogP contribution >= 0.6 is 0 Å². The van der Waals surface area contributed by atoms with E-state index in [-0.39, 0.29) is 28.2 Å². The first-order chi connectivity index (χ1) is 18.4. The predicted molar refractivity (Wildman–Crippen MR) is 145 cm³/mol. The fourth-order valence-electron chi connectivity index (χ4n) is 4.13. The van der Waals surface area contributed by atoms with Crippen molar-refractivity contribution in [1.82, 2.24) is 5.32 Å². The fourth-order valence-corrected chi connectivity index (χ4v) is 5.55. The third-order valence-corrected chi connectivity index (χ3v) is 7.80. The maximum Gasteiger partial charge on any atom is 0.264 e. The summed E-state index contributed by atoms with van der Waals surface area (Å²) in [5.74, 6) is -0.397. The number of nitrogens with zero attached hydrogens (tertiary/aromatic N) is 1. The summed E-state index contributed by atoms with van der Waals surface area (Å²) in [6, 6.07) is 21.0. The third kappa shape index (κ3) is 6.70. The van der Waals surface area contributed by atoms with Crippen LogP contribution in [0.1, 0.15) is 30.1 Å². The second-order valence-corrected chi connectivity index (χ2v) is 10.6. The zero-order valence-electron chi connectivity index (χ0n) is 21.1.